The zero-order valence-electron chi connectivity index (χ0n) is 12.8. The highest BCUT2D eigenvalue weighted by Crippen LogP contribution is 2.21. The van der Waals surface area contributed by atoms with Crippen molar-refractivity contribution < 1.29 is 9.18 Å². The van der Waals surface area contributed by atoms with Crippen molar-refractivity contribution in [3.63, 3.8) is 0 Å². The van der Waals surface area contributed by atoms with E-state index in [0.29, 0.717) is 31.2 Å². The molecule has 0 unspecified atom stereocenters. The van der Waals surface area contributed by atoms with E-state index in [9.17, 15) is 9.18 Å². The summed E-state index contributed by atoms with van der Waals surface area (Å²) in [5.74, 6) is -0.850. The maximum atomic E-state index is 13.8. The first-order valence-electron chi connectivity index (χ1n) is 7.46. The second-order valence-corrected chi connectivity index (χ2v) is 6.00. The lowest BCUT2D eigenvalue weighted by molar-refractivity contribution is 0.0742. The van der Waals surface area contributed by atoms with Gasteiger partial charge in [-0.25, -0.2) is 4.39 Å². The van der Waals surface area contributed by atoms with E-state index in [-0.39, 0.29) is 11.5 Å². The molecule has 0 radical (unpaired) electrons. The highest BCUT2D eigenvalue weighted by atomic mass is 35.5. The largest absolute Gasteiger partial charge is 0.367 e. The third kappa shape index (κ3) is 3.29. The molecule has 0 aliphatic carbocycles. The molecule has 23 heavy (non-hydrogen) atoms. The third-order valence-electron chi connectivity index (χ3n) is 4.08. The monoisotopic (exact) mass is 333 g/mol. The Morgan fingerprint density at radius 1 is 1.22 bits per heavy atom. The molecular formula is C17H17ClFN3O. The van der Waals surface area contributed by atoms with E-state index in [1.54, 1.807) is 11.1 Å². The number of pyridine rings is 1. The van der Waals surface area contributed by atoms with E-state index in [4.69, 9.17) is 11.6 Å². The summed E-state index contributed by atoms with van der Waals surface area (Å²) in [6, 6.07) is 6.02. The number of hydrogen-bond donors (Lipinski definition) is 0. The van der Waals surface area contributed by atoms with Crippen molar-refractivity contribution in [2.75, 3.05) is 31.1 Å². The minimum atomic E-state index is -0.537. The van der Waals surface area contributed by atoms with Crippen LogP contribution in [-0.2, 0) is 0 Å². The van der Waals surface area contributed by atoms with Crippen molar-refractivity contribution in [3.8, 4) is 0 Å². The molecule has 0 bridgehead atoms. The molecule has 0 atom stereocenters. The Bertz CT molecular complexity index is 730. The van der Waals surface area contributed by atoms with E-state index >= 15 is 0 Å². The van der Waals surface area contributed by atoms with Crippen LogP contribution < -0.4 is 4.90 Å². The molecule has 4 nitrogen and oxygen atoms in total. The number of hydrogen-bond acceptors (Lipinski definition) is 3. The quantitative estimate of drug-likeness (QED) is 0.847. The van der Waals surface area contributed by atoms with Gasteiger partial charge >= 0.3 is 0 Å². The highest BCUT2D eigenvalue weighted by Gasteiger charge is 2.25. The summed E-state index contributed by atoms with van der Waals surface area (Å²) in [7, 11) is 0. The van der Waals surface area contributed by atoms with Gasteiger partial charge < -0.3 is 9.80 Å². The molecule has 1 amide bonds. The van der Waals surface area contributed by atoms with Gasteiger partial charge in [0.1, 0.15) is 5.82 Å². The maximum absolute atomic E-state index is 13.8. The van der Waals surface area contributed by atoms with Crippen molar-refractivity contribution in [2.24, 2.45) is 0 Å². The molecule has 120 valence electrons. The zero-order valence-corrected chi connectivity index (χ0v) is 13.6. The standard InChI is InChI=1S/C17H17ClFN3O/c1-12-4-5-20-11-16(12)21-6-8-22(9-7-21)17(23)14-10-13(18)2-3-15(14)19/h2-5,10-11H,6-9H2,1H3. The van der Waals surface area contributed by atoms with Gasteiger partial charge in [-0.3, -0.25) is 9.78 Å². The molecule has 1 aromatic carbocycles. The van der Waals surface area contributed by atoms with Crippen molar-refractivity contribution >= 4 is 23.2 Å². The fourth-order valence-electron chi connectivity index (χ4n) is 2.77. The van der Waals surface area contributed by atoms with Crippen LogP contribution in [0.25, 0.3) is 0 Å². The van der Waals surface area contributed by atoms with Crippen molar-refractivity contribution in [2.45, 2.75) is 6.92 Å². The molecule has 1 fully saturated rings. The van der Waals surface area contributed by atoms with Crippen LogP contribution in [0.4, 0.5) is 10.1 Å². The summed E-state index contributed by atoms with van der Waals surface area (Å²) < 4.78 is 13.8. The van der Waals surface area contributed by atoms with Gasteiger partial charge in [-0.05, 0) is 36.8 Å². The highest BCUT2D eigenvalue weighted by molar-refractivity contribution is 6.31. The molecule has 1 aliphatic heterocycles. The van der Waals surface area contributed by atoms with Gasteiger partial charge in [0, 0.05) is 37.4 Å². The van der Waals surface area contributed by atoms with Crippen molar-refractivity contribution in [3.05, 3.63) is 58.6 Å². The Balaban J connectivity index is 1.70. The molecule has 3 rings (SSSR count). The zero-order chi connectivity index (χ0) is 16.4. The van der Waals surface area contributed by atoms with Gasteiger partial charge in [-0.15, -0.1) is 0 Å². The van der Waals surface area contributed by atoms with E-state index < -0.39 is 5.82 Å². The average Bonchev–Trinajstić information content (AvgIpc) is 2.57. The Hall–Kier alpha value is -2.14. The Labute approximate surface area is 139 Å². The SMILES string of the molecule is Cc1ccncc1N1CCN(C(=O)c2cc(Cl)ccc2F)CC1. The second kappa shape index (κ2) is 6.54. The fraction of sp³-hybridized carbons (Fsp3) is 0.294. The first-order chi connectivity index (χ1) is 11.1. The predicted octanol–water partition coefficient (Wildman–Crippen LogP) is 3.14. The smallest absolute Gasteiger partial charge is 0.257 e. The Kier molecular flexibility index (Phi) is 4.48. The lowest BCUT2D eigenvalue weighted by Gasteiger charge is -2.36. The molecule has 2 heterocycles. The Morgan fingerprint density at radius 3 is 2.65 bits per heavy atom. The average molecular weight is 334 g/mol. The maximum Gasteiger partial charge on any atom is 0.257 e. The number of carbonyl (C=O) groups excluding carboxylic acids is 1. The summed E-state index contributed by atoms with van der Waals surface area (Å²) in [5.41, 5.74) is 2.26. The summed E-state index contributed by atoms with van der Waals surface area (Å²) in [5, 5.41) is 0.361. The molecule has 0 saturated carbocycles. The molecule has 1 aromatic heterocycles. The topological polar surface area (TPSA) is 36.4 Å². The number of carbonyl (C=O) groups is 1. The van der Waals surface area contributed by atoms with Crippen molar-refractivity contribution in [1.82, 2.24) is 9.88 Å². The van der Waals surface area contributed by atoms with Gasteiger partial charge in [0.2, 0.25) is 0 Å². The number of anilines is 1. The van der Waals surface area contributed by atoms with E-state index in [0.717, 1.165) is 11.3 Å². The van der Waals surface area contributed by atoms with Crippen LogP contribution in [0.2, 0.25) is 5.02 Å². The van der Waals surface area contributed by atoms with Gasteiger partial charge in [-0.2, -0.15) is 0 Å². The molecule has 2 aromatic rings. The number of piperazine rings is 1. The number of halogens is 2. The fourth-order valence-corrected chi connectivity index (χ4v) is 2.94. The molecule has 1 aliphatic rings. The van der Waals surface area contributed by atoms with E-state index in [1.807, 2.05) is 19.2 Å². The predicted molar refractivity (Wildman–Crippen MR) is 88.5 cm³/mol. The number of amides is 1. The van der Waals surface area contributed by atoms with Gasteiger partial charge in [0.25, 0.3) is 5.91 Å². The van der Waals surface area contributed by atoms with Crippen LogP contribution in [-0.4, -0.2) is 42.0 Å². The van der Waals surface area contributed by atoms with E-state index in [2.05, 4.69) is 9.88 Å². The molecular weight excluding hydrogens is 317 g/mol. The minimum absolute atomic E-state index is 0.0310. The van der Waals surface area contributed by atoms with Gasteiger partial charge in [-0.1, -0.05) is 11.6 Å². The van der Waals surface area contributed by atoms with Gasteiger partial charge in [0.15, 0.2) is 0 Å². The first kappa shape index (κ1) is 15.7. The minimum Gasteiger partial charge on any atom is -0.367 e. The van der Waals surface area contributed by atoms with Crippen LogP contribution in [0.1, 0.15) is 15.9 Å². The number of benzene rings is 1. The van der Waals surface area contributed by atoms with Crippen molar-refractivity contribution in [1.29, 1.82) is 0 Å². The number of nitrogens with zero attached hydrogens (tertiary/aromatic N) is 3. The lowest BCUT2D eigenvalue weighted by atomic mass is 10.1. The summed E-state index contributed by atoms with van der Waals surface area (Å²) in [4.78, 5) is 20.5. The van der Waals surface area contributed by atoms with Crippen LogP contribution in [0.5, 0.6) is 0 Å². The lowest BCUT2D eigenvalue weighted by Crippen LogP contribution is -2.49. The van der Waals surface area contributed by atoms with Gasteiger partial charge in [0.05, 0.1) is 17.4 Å². The third-order valence-corrected chi connectivity index (χ3v) is 4.31. The van der Waals surface area contributed by atoms with E-state index in [1.165, 1.54) is 18.2 Å². The number of rotatable bonds is 2. The summed E-state index contributed by atoms with van der Waals surface area (Å²) in [6.07, 6.45) is 3.60. The molecule has 1 saturated heterocycles. The van der Waals surface area contributed by atoms with Crippen LogP contribution in [0.3, 0.4) is 0 Å². The molecule has 6 heteroatoms. The summed E-state index contributed by atoms with van der Waals surface area (Å²) >= 11 is 5.87. The molecule has 0 spiro atoms. The Morgan fingerprint density at radius 2 is 1.96 bits per heavy atom. The summed E-state index contributed by atoms with van der Waals surface area (Å²) in [6.45, 7) is 4.51. The van der Waals surface area contributed by atoms with Crippen LogP contribution >= 0.6 is 11.6 Å². The first-order valence-corrected chi connectivity index (χ1v) is 7.84. The normalized spacial score (nSPS) is 14.9. The van der Waals surface area contributed by atoms with Crippen LogP contribution in [0, 0.1) is 12.7 Å². The molecule has 0 N–H and O–H groups in total. The number of aryl methyl sites for hydroxylation is 1. The second-order valence-electron chi connectivity index (χ2n) is 5.57. The van der Waals surface area contributed by atoms with Crippen LogP contribution in [0.15, 0.2) is 36.7 Å². The number of aromatic nitrogens is 1.